The van der Waals surface area contributed by atoms with Crippen molar-refractivity contribution < 1.29 is 9.53 Å². The quantitative estimate of drug-likeness (QED) is 0.630. The van der Waals surface area contributed by atoms with Gasteiger partial charge in [-0.05, 0) is 51.9 Å². The molecule has 1 spiro atoms. The third kappa shape index (κ3) is 3.28. The summed E-state index contributed by atoms with van der Waals surface area (Å²) < 4.78 is 5.43. The Hall–Kier alpha value is -1.50. The van der Waals surface area contributed by atoms with E-state index in [2.05, 4.69) is 6.07 Å². The minimum absolute atomic E-state index is 0.204. The van der Waals surface area contributed by atoms with E-state index in [9.17, 15) is 4.79 Å². The summed E-state index contributed by atoms with van der Waals surface area (Å²) >= 11 is 0. The van der Waals surface area contributed by atoms with Crippen LogP contribution in [0.2, 0.25) is 0 Å². The van der Waals surface area contributed by atoms with E-state index in [1.807, 2.05) is 25.7 Å². The number of rotatable bonds is 0. The lowest BCUT2D eigenvalue weighted by atomic mass is 9.61. The zero-order valence-electron chi connectivity index (χ0n) is 12.0. The van der Waals surface area contributed by atoms with Crippen molar-refractivity contribution in [3.63, 3.8) is 0 Å². The van der Waals surface area contributed by atoms with E-state index in [4.69, 9.17) is 10.00 Å². The number of piperidine rings is 1. The molecule has 0 unspecified atom stereocenters. The highest BCUT2D eigenvalue weighted by Crippen LogP contribution is 2.50. The predicted molar refractivity (Wildman–Crippen MR) is 72.4 cm³/mol. The van der Waals surface area contributed by atoms with Gasteiger partial charge in [-0.1, -0.05) is 5.57 Å². The molecular weight excluding hydrogens is 240 g/mol. The van der Waals surface area contributed by atoms with Gasteiger partial charge in [0.25, 0.3) is 0 Å². The van der Waals surface area contributed by atoms with Crippen molar-refractivity contribution in [2.24, 2.45) is 5.41 Å². The van der Waals surface area contributed by atoms with Crippen LogP contribution in [-0.2, 0) is 4.74 Å². The molecule has 2 fully saturated rings. The van der Waals surface area contributed by atoms with Crippen LogP contribution in [0.15, 0.2) is 11.6 Å². The Balaban J connectivity index is 1.94. The van der Waals surface area contributed by atoms with Crippen LogP contribution in [0.3, 0.4) is 0 Å². The number of amides is 1. The van der Waals surface area contributed by atoms with Crippen LogP contribution in [0.4, 0.5) is 4.79 Å². The van der Waals surface area contributed by atoms with E-state index in [0.29, 0.717) is 0 Å². The zero-order chi connectivity index (χ0) is 14.1. The Labute approximate surface area is 115 Å². The van der Waals surface area contributed by atoms with Crippen LogP contribution in [0.5, 0.6) is 0 Å². The number of hydrogen-bond acceptors (Lipinski definition) is 3. The summed E-state index contributed by atoms with van der Waals surface area (Å²) in [7, 11) is 0. The second-order valence-electron chi connectivity index (χ2n) is 6.79. The fourth-order valence-corrected chi connectivity index (χ4v) is 3.08. The lowest BCUT2D eigenvalue weighted by molar-refractivity contribution is -0.00377. The topological polar surface area (TPSA) is 53.3 Å². The molecule has 0 aromatic rings. The molecule has 0 bridgehead atoms. The lowest BCUT2D eigenvalue weighted by Crippen LogP contribution is -2.51. The summed E-state index contributed by atoms with van der Waals surface area (Å²) in [4.78, 5) is 13.9. The Bertz CT molecular complexity index is 432. The van der Waals surface area contributed by atoms with Gasteiger partial charge in [0.05, 0.1) is 6.07 Å². The van der Waals surface area contributed by atoms with Gasteiger partial charge in [0.1, 0.15) is 5.60 Å². The van der Waals surface area contributed by atoms with Gasteiger partial charge in [-0.3, -0.25) is 0 Å². The molecule has 1 heterocycles. The van der Waals surface area contributed by atoms with Crippen LogP contribution in [0.25, 0.3) is 0 Å². The Kier molecular flexibility index (Phi) is 3.58. The number of carbonyl (C=O) groups excluding carboxylic acids is 1. The van der Waals surface area contributed by atoms with E-state index >= 15 is 0 Å². The zero-order valence-corrected chi connectivity index (χ0v) is 12.0. The molecule has 104 valence electrons. The van der Waals surface area contributed by atoms with Crippen molar-refractivity contribution in [2.75, 3.05) is 13.1 Å². The molecule has 0 aromatic heterocycles. The van der Waals surface area contributed by atoms with Gasteiger partial charge >= 0.3 is 6.09 Å². The van der Waals surface area contributed by atoms with Crippen molar-refractivity contribution >= 4 is 6.09 Å². The highest BCUT2D eigenvalue weighted by atomic mass is 16.6. The third-order valence-electron chi connectivity index (χ3n) is 3.79. The Morgan fingerprint density at radius 3 is 2.74 bits per heavy atom. The van der Waals surface area contributed by atoms with E-state index in [1.165, 1.54) is 5.57 Å². The van der Waals surface area contributed by atoms with Gasteiger partial charge in [0.15, 0.2) is 0 Å². The van der Waals surface area contributed by atoms with Crippen molar-refractivity contribution in [2.45, 2.75) is 52.1 Å². The summed E-state index contributed by atoms with van der Waals surface area (Å²) in [5.41, 5.74) is 0.985. The average molecular weight is 262 g/mol. The summed E-state index contributed by atoms with van der Waals surface area (Å²) in [5.74, 6) is 0. The van der Waals surface area contributed by atoms with E-state index < -0.39 is 5.60 Å². The molecule has 0 atom stereocenters. The standard InChI is InChI=1S/C15H22N2O2/c1-14(2,3)19-13(18)17-8-4-6-15(11-17)9-12(10-15)5-7-16/h5H,4,6,8-11H2,1-3H3. The normalized spacial score (nSPS) is 26.6. The smallest absolute Gasteiger partial charge is 0.410 e. The monoisotopic (exact) mass is 262 g/mol. The Morgan fingerprint density at radius 1 is 1.47 bits per heavy atom. The van der Waals surface area contributed by atoms with Crippen molar-refractivity contribution in [1.29, 1.82) is 5.26 Å². The molecule has 4 nitrogen and oxygen atoms in total. The molecule has 0 aromatic carbocycles. The lowest BCUT2D eigenvalue weighted by Gasteiger charge is -2.50. The van der Waals surface area contributed by atoms with Gasteiger partial charge in [-0.15, -0.1) is 0 Å². The van der Waals surface area contributed by atoms with Gasteiger partial charge in [0, 0.05) is 19.2 Å². The maximum absolute atomic E-state index is 12.1. The fourth-order valence-electron chi connectivity index (χ4n) is 3.08. The van der Waals surface area contributed by atoms with Crippen molar-refractivity contribution in [3.8, 4) is 6.07 Å². The number of nitriles is 1. The summed E-state index contributed by atoms with van der Waals surface area (Å²) in [6.07, 6.45) is 5.54. The van der Waals surface area contributed by atoms with Gasteiger partial charge in [0.2, 0.25) is 0 Å². The van der Waals surface area contributed by atoms with Crippen LogP contribution in [0, 0.1) is 16.7 Å². The summed E-state index contributed by atoms with van der Waals surface area (Å²) in [6.45, 7) is 7.23. The Morgan fingerprint density at radius 2 is 2.16 bits per heavy atom. The van der Waals surface area contributed by atoms with Crippen molar-refractivity contribution in [1.82, 2.24) is 4.90 Å². The maximum Gasteiger partial charge on any atom is 0.410 e. The minimum Gasteiger partial charge on any atom is -0.444 e. The number of nitrogens with zero attached hydrogens (tertiary/aromatic N) is 2. The molecule has 0 radical (unpaired) electrons. The van der Waals surface area contributed by atoms with Crippen molar-refractivity contribution in [3.05, 3.63) is 11.6 Å². The number of ether oxygens (including phenoxy) is 1. The fraction of sp³-hybridized carbons (Fsp3) is 0.733. The van der Waals surface area contributed by atoms with Crippen LogP contribution in [-0.4, -0.2) is 29.7 Å². The molecular formula is C15H22N2O2. The first-order valence-electron chi connectivity index (χ1n) is 6.89. The predicted octanol–water partition coefficient (Wildman–Crippen LogP) is 3.25. The first kappa shape index (κ1) is 13.9. The van der Waals surface area contributed by atoms with Gasteiger partial charge in [-0.2, -0.15) is 5.26 Å². The molecule has 1 aliphatic heterocycles. The maximum atomic E-state index is 12.1. The molecule has 1 aliphatic carbocycles. The average Bonchev–Trinajstić information content (AvgIpc) is 2.25. The van der Waals surface area contributed by atoms with E-state index in [1.54, 1.807) is 6.08 Å². The first-order chi connectivity index (χ1) is 8.84. The van der Waals surface area contributed by atoms with Crippen LogP contribution in [0.1, 0.15) is 46.5 Å². The summed E-state index contributed by atoms with van der Waals surface area (Å²) in [6, 6.07) is 2.09. The van der Waals surface area contributed by atoms with Gasteiger partial charge in [-0.25, -0.2) is 4.79 Å². The minimum atomic E-state index is -0.437. The highest BCUT2D eigenvalue weighted by Gasteiger charge is 2.45. The molecule has 0 N–H and O–H groups in total. The second-order valence-corrected chi connectivity index (χ2v) is 6.79. The number of carbonyl (C=O) groups is 1. The molecule has 1 saturated heterocycles. The first-order valence-corrected chi connectivity index (χ1v) is 6.89. The molecule has 4 heteroatoms. The number of allylic oxidation sites excluding steroid dienone is 2. The van der Waals surface area contributed by atoms with Crippen LogP contribution >= 0.6 is 0 Å². The van der Waals surface area contributed by atoms with E-state index in [0.717, 1.165) is 38.8 Å². The van der Waals surface area contributed by atoms with Gasteiger partial charge < -0.3 is 9.64 Å². The number of hydrogen-bond donors (Lipinski definition) is 0. The SMILES string of the molecule is CC(C)(C)OC(=O)N1CCCC2(CC(=CC#N)C2)C1. The third-order valence-corrected chi connectivity index (χ3v) is 3.79. The number of likely N-dealkylation sites (tertiary alicyclic amines) is 1. The second kappa shape index (κ2) is 4.88. The highest BCUT2D eigenvalue weighted by molar-refractivity contribution is 5.68. The molecule has 2 rings (SSSR count). The molecule has 19 heavy (non-hydrogen) atoms. The molecule has 1 saturated carbocycles. The van der Waals surface area contributed by atoms with E-state index in [-0.39, 0.29) is 11.5 Å². The van der Waals surface area contributed by atoms with Crippen LogP contribution < -0.4 is 0 Å². The molecule has 2 aliphatic rings. The molecule has 1 amide bonds. The largest absolute Gasteiger partial charge is 0.444 e. The summed E-state index contributed by atoms with van der Waals surface area (Å²) in [5, 5.41) is 8.65.